The summed E-state index contributed by atoms with van der Waals surface area (Å²) < 4.78 is 0. The Hall–Kier alpha value is -1.56. The van der Waals surface area contributed by atoms with Crippen molar-refractivity contribution in [2.24, 2.45) is 5.92 Å². The largest absolute Gasteiger partial charge is 0.0910 e. The Labute approximate surface area is 104 Å². The lowest BCUT2D eigenvalue weighted by Crippen LogP contribution is -2.31. The van der Waals surface area contributed by atoms with Crippen LogP contribution in [0.5, 0.6) is 0 Å². The first kappa shape index (κ1) is 11.9. The Balaban J connectivity index is 2.48. The van der Waals surface area contributed by atoms with Crippen LogP contribution in [0.1, 0.15) is 26.3 Å². The van der Waals surface area contributed by atoms with Crippen LogP contribution >= 0.6 is 0 Å². The molecule has 0 fully saturated rings. The molecule has 0 heteroatoms. The molecule has 0 saturated heterocycles. The van der Waals surface area contributed by atoms with Crippen LogP contribution in [0.25, 0.3) is 0 Å². The van der Waals surface area contributed by atoms with E-state index in [0.717, 1.165) is 0 Å². The average Bonchev–Trinajstić information content (AvgIpc) is 2.35. The summed E-state index contributed by atoms with van der Waals surface area (Å²) in [6.07, 6.45) is 11.2. The van der Waals surface area contributed by atoms with E-state index >= 15 is 0 Å². The molecule has 0 aliphatic heterocycles. The first-order valence-corrected chi connectivity index (χ1v) is 6.23. The topological polar surface area (TPSA) is 0 Å². The summed E-state index contributed by atoms with van der Waals surface area (Å²) in [5.41, 5.74) is 2.89. The number of hydrogen-bond acceptors (Lipinski definition) is 0. The lowest BCUT2D eigenvalue weighted by Gasteiger charge is -2.37. The fourth-order valence-electron chi connectivity index (χ4n) is 2.70. The van der Waals surface area contributed by atoms with Gasteiger partial charge in [-0.05, 0) is 19.4 Å². The zero-order valence-corrected chi connectivity index (χ0v) is 10.9. The fraction of sp³-hybridized carbons (Fsp3) is 0.294. The maximum atomic E-state index is 2.32. The molecule has 1 aromatic carbocycles. The van der Waals surface area contributed by atoms with Crippen molar-refractivity contribution in [1.82, 2.24) is 0 Å². The molecule has 0 nitrogen and oxygen atoms in total. The van der Waals surface area contributed by atoms with Crippen molar-refractivity contribution in [3.63, 3.8) is 0 Å². The highest BCUT2D eigenvalue weighted by Gasteiger charge is 2.34. The van der Waals surface area contributed by atoms with Crippen molar-refractivity contribution < 1.29 is 0 Å². The quantitative estimate of drug-likeness (QED) is 0.641. The summed E-state index contributed by atoms with van der Waals surface area (Å²) in [5, 5.41) is 0. The van der Waals surface area contributed by atoms with Gasteiger partial charge in [0.15, 0.2) is 0 Å². The first-order valence-electron chi connectivity index (χ1n) is 6.23. The Kier molecular flexibility index (Phi) is 3.33. The molecule has 1 aliphatic rings. The monoisotopic (exact) mass is 224 g/mol. The van der Waals surface area contributed by atoms with Crippen LogP contribution in [0.15, 0.2) is 66.3 Å². The molecule has 0 N–H and O–H groups in total. The van der Waals surface area contributed by atoms with Gasteiger partial charge in [-0.3, -0.25) is 0 Å². The molecule has 1 aromatic rings. The van der Waals surface area contributed by atoms with Crippen LogP contribution in [0.3, 0.4) is 0 Å². The molecule has 0 heterocycles. The van der Waals surface area contributed by atoms with Gasteiger partial charge in [0.1, 0.15) is 0 Å². The molecule has 2 atom stereocenters. The van der Waals surface area contributed by atoms with E-state index in [1.54, 1.807) is 0 Å². The summed E-state index contributed by atoms with van der Waals surface area (Å²) >= 11 is 0. The molecule has 17 heavy (non-hydrogen) atoms. The van der Waals surface area contributed by atoms with Gasteiger partial charge in [0.05, 0.1) is 0 Å². The predicted octanol–water partition coefficient (Wildman–Crippen LogP) is 4.65. The Bertz CT molecular complexity index is 462. The zero-order chi connectivity index (χ0) is 12.3. The van der Waals surface area contributed by atoms with E-state index in [2.05, 4.69) is 81.5 Å². The first-order chi connectivity index (χ1) is 8.18. The van der Waals surface area contributed by atoms with Crippen LogP contribution in [0.4, 0.5) is 0 Å². The van der Waals surface area contributed by atoms with E-state index in [9.17, 15) is 0 Å². The van der Waals surface area contributed by atoms with Crippen molar-refractivity contribution in [2.45, 2.75) is 26.2 Å². The Morgan fingerprint density at radius 2 is 1.88 bits per heavy atom. The number of rotatable bonds is 2. The molecule has 88 valence electrons. The summed E-state index contributed by atoms with van der Waals surface area (Å²) in [5.74, 6) is 0.458. The van der Waals surface area contributed by atoms with E-state index in [1.807, 2.05) is 0 Å². The highest BCUT2D eigenvalue weighted by molar-refractivity contribution is 5.41. The van der Waals surface area contributed by atoms with Crippen molar-refractivity contribution in [3.05, 3.63) is 71.8 Å². The molecule has 2 unspecified atom stereocenters. The van der Waals surface area contributed by atoms with E-state index in [4.69, 9.17) is 0 Å². The van der Waals surface area contributed by atoms with Gasteiger partial charge in [-0.2, -0.15) is 0 Å². The zero-order valence-electron chi connectivity index (χ0n) is 10.9. The standard InChI is InChI=1S/C17H20/c1-4-9-16-14(2)10-8-13-17(16,3)15-11-6-5-7-12-15/h4-13,16H,1-3H3. The van der Waals surface area contributed by atoms with Crippen LogP contribution in [0.2, 0.25) is 0 Å². The number of hydrogen-bond donors (Lipinski definition) is 0. The van der Waals surface area contributed by atoms with Crippen molar-refractivity contribution >= 4 is 0 Å². The second-order valence-corrected chi connectivity index (χ2v) is 4.92. The summed E-state index contributed by atoms with van der Waals surface area (Å²) in [7, 11) is 0. The third-order valence-electron chi connectivity index (χ3n) is 3.72. The van der Waals surface area contributed by atoms with Gasteiger partial charge >= 0.3 is 0 Å². The highest BCUT2D eigenvalue weighted by Crippen LogP contribution is 2.41. The second kappa shape index (κ2) is 4.75. The van der Waals surface area contributed by atoms with E-state index in [0.29, 0.717) is 5.92 Å². The minimum Gasteiger partial charge on any atom is -0.0910 e. The minimum atomic E-state index is 0.0760. The smallest absolute Gasteiger partial charge is 0.0207 e. The van der Waals surface area contributed by atoms with Crippen LogP contribution in [0, 0.1) is 5.92 Å². The average molecular weight is 224 g/mol. The van der Waals surface area contributed by atoms with Crippen molar-refractivity contribution in [3.8, 4) is 0 Å². The Morgan fingerprint density at radius 3 is 2.53 bits per heavy atom. The fourth-order valence-corrected chi connectivity index (χ4v) is 2.70. The third-order valence-corrected chi connectivity index (χ3v) is 3.72. The second-order valence-electron chi connectivity index (χ2n) is 4.92. The van der Waals surface area contributed by atoms with E-state index < -0.39 is 0 Å². The molecule has 0 radical (unpaired) electrons. The van der Waals surface area contributed by atoms with E-state index in [-0.39, 0.29) is 5.41 Å². The molecule has 2 rings (SSSR count). The van der Waals surface area contributed by atoms with Gasteiger partial charge in [0.2, 0.25) is 0 Å². The van der Waals surface area contributed by atoms with Gasteiger partial charge < -0.3 is 0 Å². The van der Waals surface area contributed by atoms with Gasteiger partial charge in [-0.1, -0.05) is 73.2 Å². The van der Waals surface area contributed by atoms with Gasteiger partial charge in [0.25, 0.3) is 0 Å². The number of allylic oxidation sites excluding steroid dienone is 6. The van der Waals surface area contributed by atoms with Crippen molar-refractivity contribution in [1.29, 1.82) is 0 Å². The molecule has 0 bridgehead atoms. The highest BCUT2D eigenvalue weighted by atomic mass is 14.4. The molecule has 0 saturated carbocycles. The number of benzene rings is 1. The maximum Gasteiger partial charge on any atom is 0.0207 e. The van der Waals surface area contributed by atoms with Gasteiger partial charge in [-0.15, -0.1) is 0 Å². The minimum absolute atomic E-state index is 0.0760. The lowest BCUT2D eigenvalue weighted by molar-refractivity contribution is 0.476. The molecule has 0 aromatic heterocycles. The van der Waals surface area contributed by atoms with Gasteiger partial charge in [0, 0.05) is 11.3 Å². The normalized spacial score (nSPS) is 28.4. The summed E-state index contributed by atoms with van der Waals surface area (Å²) in [4.78, 5) is 0. The molecule has 1 aliphatic carbocycles. The summed E-state index contributed by atoms with van der Waals surface area (Å²) in [6.45, 7) is 6.63. The van der Waals surface area contributed by atoms with Crippen molar-refractivity contribution in [2.75, 3.05) is 0 Å². The third kappa shape index (κ3) is 2.12. The lowest BCUT2D eigenvalue weighted by atomic mass is 9.67. The van der Waals surface area contributed by atoms with Gasteiger partial charge in [-0.25, -0.2) is 0 Å². The van der Waals surface area contributed by atoms with Crippen LogP contribution in [-0.4, -0.2) is 0 Å². The Morgan fingerprint density at radius 1 is 1.18 bits per heavy atom. The van der Waals surface area contributed by atoms with E-state index in [1.165, 1.54) is 11.1 Å². The molecular formula is C17H20. The predicted molar refractivity (Wildman–Crippen MR) is 75.0 cm³/mol. The molecular weight excluding hydrogens is 204 g/mol. The molecule has 0 spiro atoms. The maximum absolute atomic E-state index is 2.32. The van der Waals surface area contributed by atoms with Crippen LogP contribution in [-0.2, 0) is 5.41 Å². The molecule has 0 amide bonds. The summed E-state index contributed by atoms with van der Waals surface area (Å²) in [6, 6.07) is 10.8. The van der Waals surface area contributed by atoms with Crippen LogP contribution < -0.4 is 0 Å². The SMILES string of the molecule is CC=CC1C(C)=CC=CC1(C)c1ccccc1.